The van der Waals surface area contributed by atoms with Gasteiger partial charge in [0.05, 0.1) is 0 Å². The maximum atomic E-state index is 12.1. The average Bonchev–Trinajstić information content (AvgIpc) is 2.69. The van der Waals surface area contributed by atoms with Gasteiger partial charge in [0, 0.05) is 18.7 Å². The van der Waals surface area contributed by atoms with E-state index in [9.17, 15) is 14.4 Å². The summed E-state index contributed by atoms with van der Waals surface area (Å²) < 4.78 is 10.9. The van der Waals surface area contributed by atoms with Crippen LogP contribution < -0.4 is 20.7 Å². The van der Waals surface area contributed by atoms with Crippen LogP contribution in [-0.2, 0) is 14.3 Å². The lowest BCUT2D eigenvalue weighted by molar-refractivity contribution is -0.123. The number of hydrogen-bond acceptors (Lipinski definition) is 5. The molecule has 2 aromatic carbocycles. The van der Waals surface area contributed by atoms with Gasteiger partial charge in [-0.1, -0.05) is 17.7 Å². The molecule has 2 aromatic rings. The molecular formula is C24H31N3O5. The molecule has 2 rings (SSSR count). The van der Waals surface area contributed by atoms with Crippen LogP contribution in [0.4, 0.5) is 10.5 Å². The highest BCUT2D eigenvalue weighted by Crippen LogP contribution is 2.23. The molecule has 0 saturated carbocycles. The second-order valence-corrected chi connectivity index (χ2v) is 8.40. The molecule has 3 N–H and O–H groups in total. The lowest BCUT2D eigenvalue weighted by atomic mass is 10.2. The summed E-state index contributed by atoms with van der Waals surface area (Å²) in [6, 6.07) is 14.0. The van der Waals surface area contributed by atoms with E-state index in [0.717, 1.165) is 11.3 Å². The average molecular weight is 442 g/mol. The van der Waals surface area contributed by atoms with Crippen LogP contribution in [0.3, 0.4) is 0 Å². The van der Waals surface area contributed by atoms with Gasteiger partial charge in [0.25, 0.3) is 0 Å². The minimum Gasteiger partial charge on any atom is -0.457 e. The normalized spacial score (nSPS) is 11.8. The predicted octanol–water partition coefficient (Wildman–Crippen LogP) is 4.15. The first kappa shape index (κ1) is 24.7. The van der Waals surface area contributed by atoms with Crippen LogP contribution in [0.5, 0.6) is 11.5 Å². The lowest BCUT2D eigenvalue weighted by Crippen LogP contribution is -2.46. The number of nitrogens with one attached hydrogen (secondary N) is 3. The SMILES string of the molecule is Cc1ccc(Oc2ccc(NC(=O)CCNC(=O)C(C)NC(=O)OC(C)(C)C)cc2)cc1. The van der Waals surface area contributed by atoms with Crippen molar-refractivity contribution in [3.8, 4) is 11.5 Å². The van der Waals surface area contributed by atoms with E-state index in [1.165, 1.54) is 0 Å². The Hall–Kier alpha value is -3.55. The van der Waals surface area contributed by atoms with Crippen LogP contribution in [0.25, 0.3) is 0 Å². The topological polar surface area (TPSA) is 106 Å². The molecular weight excluding hydrogens is 410 g/mol. The molecule has 1 unspecified atom stereocenters. The van der Waals surface area contributed by atoms with E-state index in [4.69, 9.17) is 9.47 Å². The van der Waals surface area contributed by atoms with Gasteiger partial charge in [-0.25, -0.2) is 4.79 Å². The van der Waals surface area contributed by atoms with Crippen molar-refractivity contribution in [1.82, 2.24) is 10.6 Å². The number of anilines is 1. The van der Waals surface area contributed by atoms with Crippen molar-refractivity contribution in [1.29, 1.82) is 0 Å². The van der Waals surface area contributed by atoms with Crippen LogP contribution in [0.2, 0.25) is 0 Å². The first-order chi connectivity index (χ1) is 15.0. The van der Waals surface area contributed by atoms with Gasteiger partial charge in [-0.2, -0.15) is 0 Å². The molecule has 3 amide bonds. The number of amides is 3. The molecule has 8 nitrogen and oxygen atoms in total. The molecule has 32 heavy (non-hydrogen) atoms. The predicted molar refractivity (Wildman–Crippen MR) is 123 cm³/mol. The number of carbonyl (C=O) groups is 3. The molecule has 0 aromatic heterocycles. The first-order valence-electron chi connectivity index (χ1n) is 10.4. The molecule has 0 bridgehead atoms. The zero-order valence-corrected chi connectivity index (χ0v) is 19.2. The van der Waals surface area contributed by atoms with Crippen LogP contribution >= 0.6 is 0 Å². The summed E-state index contributed by atoms with van der Waals surface area (Å²) in [5.41, 5.74) is 1.13. The van der Waals surface area contributed by atoms with E-state index in [1.54, 1.807) is 52.0 Å². The van der Waals surface area contributed by atoms with Gasteiger partial charge in [0.15, 0.2) is 0 Å². The fourth-order valence-corrected chi connectivity index (χ4v) is 2.57. The maximum Gasteiger partial charge on any atom is 0.408 e. The molecule has 0 spiro atoms. The Morgan fingerprint density at radius 1 is 0.938 bits per heavy atom. The maximum absolute atomic E-state index is 12.1. The van der Waals surface area contributed by atoms with Gasteiger partial charge < -0.3 is 25.4 Å². The van der Waals surface area contributed by atoms with Crippen molar-refractivity contribution in [2.45, 2.75) is 52.7 Å². The molecule has 1 atom stereocenters. The molecule has 0 aliphatic heterocycles. The first-order valence-corrected chi connectivity index (χ1v) is 10.4. The number of rotatable bonds is 8. The van der Waals surface area contributed by atoms with Gasteiger partial charge in [-0.3, -0.25) is 9.59 Å². The third-order valence-electron chi connectivity index (χ3n) is 4.17. The summed E-state index contributed by atoms with van der Waals surface area (Å²) in [4.78, 5) is 35.9. The highest BCUT2D eigenvalue weighted by Gasteiger charge is 2.20. The molecule has 8 heteroatoms. The Morgan fingerprint density at radius 2 is 1.50 bits per heavy atom. The van der Waals surface area contributed by atoms with Gasteiger partial charge in [0.2, 0.25) is 11.8 Å². The lowest BCUT2D eigenvalue weighted by Gasteiger charge is -2.21. The molecule has 0 radical (unpaired) electrons. The van der Waals surface area contributed by atoms with Crippen LogP contribution in [0, 0.1) is 6.92 Å². The van der Waals surface area contributed by atoms with Crippen molar-refractivity contribution < 1.29 is 23.9 Å². The van der Waals surface area contributed by atoms with E-state index < -0.39 is 23.6 Å². The Labute approximate surface area is 188 Å². The number of benzene rings is 2. The summed E-state index contributed by atoms with van der Waals surface area (Å²) in [6.07, 6.45) is -0.584. The summed E-state index contributed by atoms with van der Waals surface area (Å²) in [5, 5.41) is 7.84. The van der Waals surface area contributed by atoms with E-state index >= 15 is 0 Å². The largest absolute Gasteiger partial charge is 0.457 e. The number of hydrogen-bond donors (Lipinski definition) is 3. The van der Waals surface area contributed by atoms with Crippen molar-refractivity contribution in [2.75, 3.05) is 11.9 Å². The van der Waals surface area contributed by atoms with Gasteiger partial charge in [-0.05, 0) is 71.0 Å². The van der Waals surface area contributed by atoms with E-state index in [-0.39, 0.29) is 18.9 Å². The second-order valence-electron chi connectivity index (χ2n) is 8.40. The van der Waals surface area contributed by atoms with E-state index in [1.807, 2.05) is 31.2 Å². The second kappa shape index (κ2) is 11.2. The standard InChI is InChI=1S/C24H31N3O5/c1-16-6-10-19(11-7-16)31-20-12-8-18(9-13-20)27-21(28)14-15-25-22(29)17(2)26-23(30)32-24(3,4)5/h6-13,17H,14-15H2,1-5H3,(H,25,29)(H,26,30)(H,27,28). The van der Waals surface area contributed by atoms with E-state index in [0.29, 0.717) is 11.4 Å². The third kappa shape index (κ3) is 9.07. The summed E-state index contributed by atoms with van der Waals surface area (Å²) in [5.74, 6) is 0.746. The molecule has 172 valence electrons. The Balaban J connectivity index is 1.71. The quantitative estimate of drug-likeness (QED) is 0.571. The Morgan fingerprint density at radius 3 is 2.06 bits per heavy atom. The van der Waals surface area contributed by atoms with E-state index in [2.05, 4.69) is 16.0 Å². The third-order valence-corrected chi connectivity index (χ3v) is 4.17. The van der Waals surface area contributed by atoms with Crippen molar-refractivity contribution in [3.63, 3.8) is 0 Å². The number of alkyl carbamates (subject to hydrolysis) is 1. The van der Waals surface area contributed by atoms with Crippen LogP contribution in [0.1, 0.15) is 39.7 Å². The fourth-order valence-electron chi connectivity index (χ4n) is 2.57. The number of ether oxygens (including phenoxy) is 2. The number of carbonyl (C=O) groups excluding carboxylic acids is 3. The minimum absolute atomic E-state index is 0.0898. The minimum atomic E-state index is -0.783. The smallest absolute Gasteiger partial charge is 0.408 e. The van der Waals surface area contributed by atoms with Crippen molar-refractivity contribution in [2.24, 2.45) is 0 Å². The Bertz CT molecular complexity index is 918. The molecule has 0 fully saturated rings. The number of aryl methyl sites for hydroxylation is 1. The fraction of sp³-hybridized carbons (Fsp3) is 0.375. The van der Waals surface area contributed by atoms with Gasteiger partial charge in [0.1, 0.15) is 23.1 Å². The highest BCUT2D eigenvalue weighted by atomic mass is 16.6. The summed E-state index contributed by atoms with van der Waals surface area (Å²) in [6.45, 7) is 8.90. The molecule has 0 aliphatic rings. The van der Waals surface area contributed by atoms with Crippen LogP contribution in [-0.4, -0.2) is 36.1 Å². The van der Waals surface area contributed by atoms with Gasteiger partial charge in [-0.15, -0.1) is 0 Å². The molecule has 0 heterocycles. The summed E-state index contributed by atoms with van der Waals surface area (Å²) >= 11 is 0. The van der Waals surface area contributed by atoms with Crippen molar-refractivity contribution >= 4 is 23.6 Å². The Kier molecular flexibility index (Phi) is 8.63. The zero-order valence-electron chi connectivity index (χ0n) is 19.2. The monoisotopic (exact) mass is 441 g/mol. The van der Waals surface area contributed by atoms with Gasteiger partial charge >= 0.3 is 6.09 Å². The zero-order chi connectivity index (χ0) is 23.7. The highest BCUT2D eigenvalue weighted by molar-refractivity contribution is 5.91. The van der Waals surface area contributed by atoms with Crippen LogP contribution in [0.15, 0.2) is 48.5 Å². The van der Waals surface area contributed by atoms with Crippen molar-refractivity contribution in [3.05, 3.63) is 54.1 Å². The molecule has 0 saturated heterocycles. The summed E-state index contributed by atoms with van der Waals surface area (Å²) in [7, 11) is 0. The molecule has 0 aliphatic carbocycles.